The molecule has 0 bridgehead atoms. The van der Waals surface area contributed by atoms with Crippen molar-refractivity contribution in [1.29, 1.82) is 0 Å². The number of hydrogen-bond donors (Lipinski definition) is 1. The van der Waals surface area contributed by atoms with E-state index in [0.29, 0.717) is 0 Å². The molecule has 5 heteroatoms. The van der Waals surface area contributed by atoms with Crippen LogP contribution >= 0.6 is 11.3 Å². The molecule has 1 aromatic heterocycles. The van der Waals surface area contributed by atoms with Crippen molar-refractivity contribution >= 4 is 21.6 Å². The van der Waals surface area contributed by atoms with Crippen molar-refractivity contribution in [2.24, 2.45) is 5.92 Å². The predicted molar refractivity (Wildman–Crippen MR) is 96.8 cm³/mol. The average Bonchev–Trinajstić information content (AvgIpc) is 2.90. The van der Waals surface area contributed by atoms with Crippen LogP contribution in [0.3, 0.4) is 0 Å². The molecule has 1 aliphatic heterocycles. The van der Waals surface area contributed by atoms with Gasteiger partial charge in [0.05, 0.1) is 22.9 Å². The van der Waals surface area contributed by atoms with Gasteiger partial charge in [-0.2, -0.15) is 0 Å². The zero-order valence-corrected chi connectivity index (χ0v) is 14.9. The monoisotopic (exact) mass is 333 g/mol. The molecule has 1 fully saturated rings. The SMILES string of the molecule is C[C@@H](O)CN1CCC(CN(C)Cc2nc3ccccc3s2)CC1. The van der Waals surface area contributed by atoms with Crippen molar-refractivity contribution in [2.45, 2.75) is 32.4 Å². The van der Waals surface area contributed by atoms with Gasteiger partial charge in [0.15, 0.2) is 0 Å². The fourth-order valence-electron chi connectivity index (χ4n) is 3.45. The summed E-state index contributed by atoms with van der Waals surface area (Å²) in [4.78, 5) is 9.52. The topological polar surface area (TPSA) is 39.6 Å². The van der Waals surface area contributed by atoms with Crippen molar-refractivity contribution < 1.29 is 5.11 Å². The van der Waals surface area contributed by atoms with Crippen LogP contribution in [0.1, 0.15) is 24.8 Å². The first kappa shape index (κ1) is 16.8. The standard InChI is InChI=1S/C18H27N3OS/c1-14(22)11-21-9-7-15(8-10-21)12-20(2)13-18-19-16-5-3-4-6-17(16)23-18/h3-6,14-15,22H,7-13H2,1-2H3/t14-/m1/s1. The van der Waals surface area contributed by atoms with Crippen LogP contribution in [0, 0.1) is 5.92 Å². The number of para-hydroxylation sites is 1. The third-order valence-electron chi connectivity index (χ3n) is 4.54. The highest BCUT2D eigenvalue weighted by Gasteiger charge is 2.21. The van der Waals surface area contributed by atoms with Gasteiger partial charge in [-0.25, -0.2) is 4.98 Å². The Labute approximate surface area is 142 Å². The minimum atomic E-state index is -0.215. The Balaban J connectivity index is 1.47. The molecule has 0 radical (unpaired) electrons. The number of fused-ring (bicyclic) bond motifs is 1. The van der Waals surface area contributed by atoms with E-state index in [-0.39, 0.29) is 6.10 Å². The summed E-state index contributed by atoms with van der Waals surface area (Å²) < 4.78 is 1.28. The lowest BCUT2D eigenvalue weighted by Crippen LogP contribution is -2.40. The smallest absolute Gasteiger partial charge is 0.108 e. The molecule has 0 saturated carbocycles. The zero-order chi connectivity index (χ0) is 16.2. The highest BCUT2D eigenvalue weighted by Crippen LogP contribution is 2.23. The number of rotatable bonds is 6. The maximum Gasteiger partial charge on any atom is 0.108 e. The van der Waals surface area contributed by atoms with Crippen LogP contribution in [-0.4, -0.2) is 59.2 Å². The molecule has 1 aromatic carbocycles. The average molecular weight is 334 g/mol. The summed E-state index contributed by atoms with van der Waals surface area (Å²) in [6, 6.07) is 8.37. The van der Waals surface area contributed by atoms with Crippen LogP contribution in [-0.2, 0) is 6.54 Å². The Bertz CT molecular complexity index is 587. The number of aliphatic hydroxyl groups is 1. The number of nitrogens with zero attached hydrogens (tertiary/aromatic N) is 3. The van der Waals surface area contributed by atoms with E-state index in [9.17, 15) is 5.11 Å². The van der Waals surface area contributed by atoms with Gasteiger partial charge in [-0.05, 0) is 58.0 Å². The maximum atomic E-state index is 9.48. The Morgan fingerprint density at radius 2 is 2.09 bits per heavy atom. The number of likely N-dealkylation sites (tertiary alicyclic amines) is 1. The van der Waals surface area contributed by atoms with E-state index in [1.807, 2.05) is 6.92 Å². The van der Waals surface area contributed by atoms with Crippen molar-refractivity contribution in [1.82, 2.24) is 14.8 Å². The molecule has 23 heavy (non-hydrogen) atoms. The first-order valence-electron chi connectivity index (χ1n) is 8.53. The lowest BCUT2D eigenvalue weighted by atomic mass is 9.96. The van der Waals surface area contributed by atoms with E-state index in [2.05, 4.69) is 41.1 Å². The second-order valence-corrected chi connectivity index (χ2v) is 7.98. The molecule has 126 valence electrons. The minimum Gasteiger partial charge on any atom is -0.392 e. The molecule has 2 aromatic rings. The highest BCUT2D eigenvalue weighted by atomic mass is 32.1. The number of piperidine rings is 1. The third-order valence-corrected chi connectivity index (χ3v) is 5.56. The summed E-state index contributed by atoms with van der Waals surface area (Å²) in [5, 5.41) is 10.7. The number of thiazole rings is 1. The van der Waals surface area contributed by atoms with Gasteiger partial charge in [-0.3, -0.25) is 4.90 Å². The summed E-state index contributed by atoms with van der Waals surface area (Å²) in [5.74, 6) is 0.764. The molecular weight excluding hydrogens is 306 g/mol. The molecule has 0 aliphatic carbocycles. The molecule has 1 atom stereocenters. The van der Waals surface area contributed by atoms with E-state index < -0.39 is 0 Å². The normalized spacial score (nSPS) is 18.8. The van der Waals surface area contributed by atoms with Crippen molar-refractivity contribution in [2.75, 3.05) is 33.2 Å². The molecule has 2 heterocycles. The third kappa shape index (κ3) is 4.73. The van der Waals surface area contributed by atoms with Gasteiger partial charge in [0.2, 0.25) is 0 Å². The van der Waals surface area contributed by atoms with Gasteiger partial charge in [0.1, 0.15) is 5.01 Å². The molecule has 0 unspecified atom stereocenters. The fourth-order valence-corrected chi connectivity index (χ4v) is 4.50. The van der Waals surface area contributed by atoms with Gasteiger partial charge in [-0.1, -0.05) is 12.1 Å². The predicted octanol–water partition coefficient (Wildman–Crippen LogP) is 2.82. The van der Waals surface area contributed by atoms with E-state index in [1.165, 1.54) is 22.5 Å². The van der Waals surface area contributed by atoms with Gasteiger partial charge >= 0.3 is 0 Å². The first-order valence-corrected chi connectivity index (χ1v) is 9.35. The van der Waals surface area contributed by atoms with Gasteiger partial charge in [0, 0.05) is 13.1 Å². The Hall–Kier alpha value is -1.01. The highest BCUT2D eigenvalue weighted by molar-refractivity contribution is 7.18. The van der Waals surface area contributed by atoms with Crippen LogP contribution in [0.4, 0.5) is 0 Å². The van der Waals surface area contributed by atoms with E-state index in [0.717, 1.165) is 44.2 Å². The van der Waals surface area contributed by atoms with Gasteiger partial charge in [0.25, 0.3) is 0 Å². The summed E-state index contributed by atoms with van der Waals surface area (Å²) in [7, 11) is 2.20. The molecule has 4 nitrogen and oxygen atoms in total. The molecule has 1 aliphatic rings. The summed E-state index contributed by atoms with van der Waals surface area (Å²) in [6.45, 7) is 6.99. The lowest BCUT2D eigenvalue weighted by molar-refractivity contribution is 0.0919. The minimum absolute atomic E-state index is 0.215. The second kappa shape index (κ2) is 7.71. The van der Waals surface area contributed by atoms with Crippen LogP contribution < -0.4 is 0 Å². The second-order valence-electron chi connectivity index (χ2n) is 6.87. The van der Waals surface area contributed by atoms with Gasteiger partial charge in [-0.15, -0.1) is 11.3 Å². The summed E-state index contributed by atoms with van der Waals surface area (Å²) >= 11 is 1.81. The molecule has 3 rings (SSSR count). The zero-order valence-electron chi connectivity index (χ0n) is 14.1. The number of β-amino-alcohol motifs (C(OH)–C–C–N with tert-alkyl or cyclic N) is 1. The van der Waals surface area contributed by atoms with E-state index in [4.69, 9.17) is 4.98 Å². The van der Waals surface area contributed by atoms with Crippen LogP contribution in [0.15, 0.2) is 24.3 Å². The van der Waals surface area contributed by atoms with Crippen molar-refractivity contribution in [3.63, 3.8) is 0 Å². The number of hydrogen-bond acceptors (Lipinski definition) is 5. The fraction of sp³-hybridized carbons (Fsp3) is 0.611. The van der Waals surface area contributed by atoms with Gasteiger partial charge < -0.3 is 10.0 Å². The Morgan fingerprint density at radius 1 is 1.35 bits per heavy atom. The number of aromatic nitrogens is 1. The van der Waals surface area contributed by atoms with Crippen LogP contribution in [0.5, 0.6) is 0 Å². The maximum absolute atomic E-state index is 9.48. The quantitative estimate of drug-likeness (QED) is 0.882. The summed E-state index contributed by atoms with van der Waals surface area (Å²) in [6.07, 6.45) is 2.25. The molecule has 0 amide bonds. The van der Waals surface area contributed by atoms with Crippen molar-refractivity contribution in [3.05, 3.63) is 29.3 Å². The Morgan fingerprint density at radius 3 is 2.78 bits per heavy atom. The lowest BCUT2D eigenvalue weighted by Gasteiger charge is -2.34. The van der Waals surface area contributed by atoms with Crippen LogP contribution in [0.2, 0.25) is 0 Å². The van der Waals surface area contributed by atoms with Crippen molar-refractivity contribution in [3.8, 4) is 0 Å². The van der Waals surface area contributed by atoms with E-state index in [1.54, 1.807) is 11.3 Å². The Kier molecular flexibility index (Phi) is 5.64. The van der Waals surface area contributed by atoms with Crippen LogP contribution in [0.25, 0.3) is 10.2 Å². The number of benzene rings is 1. The molecule has 1 N–H and O–H groups in total. The summed E-state index contributed by atoms with van der Waals surface area (Å²) in [5.41, 5.74) is 1.12. The molecule has 1 saturated heterocycles. The largest absolute Gasteiger partial charge is 0.392 e. The first-order chi connectivity index (χ1) is 11.1. The molecular formula is C18H27N3OS. The van der Waals surface area contributed by atoms with E-state index >= 15 is 0 Å². The molecule has 0 spiro atoms. The number of aliphatic hydroxyl groups excluding tert-OH is 1.